The second kappa shape index (κ2) is 5.21. The minimum atomic E-state index is 0.344. The van der Waals surface area contributed by atoms with Gasteiger partial charge in [-0.1, -0.05) is 6.92 Å². The van der Waals surface area contributed by atoms with E-state index in [9.17, 15) is 0 Å². The van der Waals surface area contributed by atoms with E-state index in [-0.39, 0.29) is 0 Å². The molecule has 1 atom stereocenters. The summed E-state index contributed by atoms with van der Waals surface area (Å²) in [5, 5.41) is 3.18. The Hall–Kier alpha value is -1.52. The van der Waals surface area contributed by atoms with Crippen molar-refractivity contribution < 1.29 is 0 Å². The number of nitrogens with zero attached hydrogens (tertiary/aromatic N) is 3. The van der Waals surface area contributed by atoms with Gasteiger partial charge in [-0.2, -0.15) is 9.97 Å². The molecule has 5 nitrogen and oxygen atoms in total. The van der Waals surface area contributed by atoms with Crippen molar-refractivity contribution in [2.75, 3.05) is 35.6 Å². The van der Waals surface area contributed by atoms with E-state index in [4.69, 9.17) is 5.73 Å². The molecule has 5 heteroatoms. The number of aromatic nitrogens is 2. The predicted octanol–water partition coefficient (Wildman–Crippen LogP) is 1.73. The van der Waals surface area contributed by atoms with Crippen LogP contribution in [-0.4, -0.2) is 29.6 Å². The average Bonchev–Trinajstić information content (AvgIpc) is 2.28. The molecular formula is C12H21N5. The fourth-order valence-corrected chi connectivity index (χ4v) is 2.28. The standard InChI is InChI=1S/C12H21N5/c1-3-14-10-7-11(16-12(13)15-10)17-6-4-5-9(2)8-17/h7,9H,3-6,8H2,1-2H3,(H3,13,14,15,16). The van der Waals surface area contributed by atoms with Gasteiger partial charge in [0.2, 0.25) is 5.95 Å². The van der Waals surface area contributed by atoms with Crippen molar-refractivity contribution in [3.05, 3.63) is 6.07 Å². The third-order valence-corrected chi connectivity index (χ3v) is 3.07. The van der Waals surface area contributed by atoms with Gasteiger partial charge in [0.25, 0.3) is 0 Å². The van der Waals surface area contributed by atoms with Gasteiger partial charge >= 0.3 is 0 Å². The molecule has 94 valence electrons. The van der Waals surface area contributed by atoms with Crippen LogP contribution in [0.25, 0.3) is 0 Å². The van der Waals surface area contributed by atoms with Crippen molar-refractivity contribution in [3.8, 4) is 0 Å². The van der Waals surface area contributed by atoms with Gasteiger partial charge < -0.3 is 16.0 Å². The molecule has 1 fully saturated rings. The first-order valence-corrected chi connectivity index (χ1v) is 6.32. The number of nitrogens with two attached hydrogens (primary N) is 1. The number of nitrogen functional groups attached to an aromatic ring is 1. The highest BCUT2D eigenvalue weighted by atomic mass is 15.2. The Kier molecular flexibility index (Phi) is 3.66. The van der Waals surface area contributed by atoms with Crippen LogP contribution in [0.4, 0.5) is 17.6 Å². The molecule has 0 aliphatic carbocycles. The van der Waals surface area contributed by atoms with E-state index in [1.807, 2.05) is 13.0 Å². The predicted molar refractivity (Wildman–Crippen MR) is 71.2 cm³/mol. The summed E-state index contributed by atoms with van der Waals surface area (Å²) in [5.74, 6) is 2.83. The highest BCUT2D eigenvalue weighted by Crippen LogP contribution is 2.23. The Morgan fingerprint density at radius 3 is 3.06 bits per heavy atom. The zero-order chi connectivity index (χ0) is 12.3. The maximum atomic E-state index is 5.74. The SMILES string of the molecule is CCNc1cc(N2CCCC(C)C2)nc(N)n1. The summed E-state index contributed by atoms with van der Waals surface area (Å²) in [7, 11) is 0. The van der Waals surface area contributed by atoms with E-state index in [1.165, 1.54) is 12.8 Å². The highest BCUT2D eigenvalue weighted by Gasteiger charge is 2.18. The summed E-state index contributed by atoms with van der Waals surface area (Å²) in [6, 6.07) is 1.98. The summed E-state index contributed by atoms with van der Waals surface area (Å²) < 4.78 is 0. The van der Waals surface area contributed by atoms with Gasteiger partial charge in [-0.15, -0.1) is 0 Å². The maximum Gasteiger partial charge on any atom is 0.223 e. The molecule has 0 amide bonds. The summed E-state index contributed by atoms with van der Waals surface area (Å²) in [4.78, 5) is 10.8. The lowest BCUT2D eigenvalue weighted by atomic mass is 10.0. The molecule has 1 unspecified atom stereocenters. The Bertz CT molecular complexity index is 379. The quantitative estimate of drug-likeness (QED) is 0.835. The number of anilines is 3. The fourth-order valence-electron chi connectivity index (χ4n) is 2.28. The van der Waals surface area contributed by atoms with Gasteiger partial charge in [-0.3, -0.25) is 0 Å². The highest BCUT2D eigenvalue weighted by molar-refractivity contribution is 5.52. The summed E-state index contributed by atoms with van der Waals surface area (Å²) >= 11 is 0. The summed E-state index contributed by atoms with van der Waals surface area (Å²) in [5.41, 5.74) is 5.74. The molecule has 0 spiro atoms. The first-order chi connectivity index (χ1) is 8.19. The summed E-state index contributed by atoms with van der Waals surface area (Å²) in [6.45, 7) is 7.28. The minimum absolute atomic E-state index is 0.344. The lowest BCUT2D eigenvalue weighted by molar-refractivity contribution is 0.444. The Morgan fingerprint density at radius 1 is 1.53 bits per heavy atom. The number of nitrogens with one attached hydrogen (secondary N) is 1. The second-order valence-corrected chi connectivity index (χ2v) is 4.69. The molecule has 1 aromatic heterocycles. The van der Waals surface area contributed by atoms with Crippen molar-refractivity contribution >= 4 is 17.6 Å². The molecular weight excluding hydrogens is 214 g/mol. The molecule has 0 saturated carbocycles. The van der Waals surface area contributed by atoms with Crippen LogP contribution in [0.15, 0.2) is 6.07 Å². The molecule has 1 aliphatic heterocycles. The first kappa shape index (κ1) is 12.0. The first-order valence-electron chi connectivity index (χ1n) is 6.32. The molecule has 0 radical (unpaired) electrons. The number of hydrogen-bond donors (Lipinski definition) is 2. The molecule has 1 aliphatic rings. The third-order valence-electron chi connectivity index (χ3n) is 3.07. The van der Waals surface area contributed by atoms with Crippen LogP contribution < -0.4 is 16.0 Å². The van der Waals surface area contributed by atoms with Gasteiger partial charge in [0, 0.05) is 25.7 Å². The molecule has 0 aromatic carbocycles. The van der Waals surface area contributed by atoms with E-state index in [2.05, 4.69) is 27.1 Å². The second-order valence-electron chi connectivity index (χ2n) is 4.69. The molecule has 1 saturated heterocycles. The minimum Gasteiger partial charge on any atom is -0.370 e. The van der Waals surface area contributed by atoms with Gasteiger partial charge in [0.1, 0.15) is 11.6 Å². The zero-order valence-corrected chi connectivity index (χ0v) is 10.6. The smallest absolute Gasteiger partial charge is 0.223 e. The van der Waals surface area contributed by atoms with Crippen molar-refractivity contribution in [1.29, 1.82) is 0 Å². The molecule has 0 bridgehead atoms. The van der Waals surface area contributed by atoms with Gasteiger partial charge in [0.05, 0.1) is 0 Å². The van der Waals surface area contributed by atoms with Gasteiger partial charge in [0.15, 0.2) is 0 Å². The summed E-state index contributed by atoms with van der Waals surface area (Å²) in [6.07, 6.45) is 2.53. The monoisotopic (exact) mass is 235 g/mol. The average molecular weight is 235 g/mol. The third kappa shape index (κ3) is 2.99. The van der Waals surface area contributed by atoms with Crippen LogP contribution in [0.1, 0.15) is 26.7 Å². The fraction of sp³-hybridized carbons (Fsp3) is 0.667. The van der Waals surface area contributed by atoms with Gasteiger partial charge in [-0.05, 0) is 25.7 Å². The van der Waals surface area contributed by atoms with Crippen molar-refractivity contribution in [1.82, 2.24) is 9.97 Å². The number of hydrogen-bond acceptors (Lipinski definition) is 5. The normalized spacial score (nSPS) is 20.4. The van der Waals surface area contributed by atoms with Crippen molar-refractivity contribution in [3.63, 3.8) is 0 Å². The van der Waals surface area contributed by atoms with E-state index < -0.39 is 0 Å². The molecule has 2 rings (SSSR count). The number of piperidine rings is 1. The molecule has 2 heterocycles. The lowest BCUT2D eigenvalue weighted by Gasteiger charge is -2.32. The molecule has 17 heavy (non-hydrogen) atoms. The van der Waals surface area contributed by atoms with E-state index in [1.54, 1.807) is 0 Å². The Labute approximate surface area is 102 Å². The lowest BCUT2D eigenvalue weighted by Crippen LogP contribution is -2.35. The topological polar surface area (TPSA) is 67.1 Å². The maximum absolute atomic E-state index is 5.74. The largest absolute Gasteiger partial charge is 0.370 e. The van der Waals surface area contributed by atoms with Crippen LogP contribution in [0, 0.1) is 5.92 Å². The van der Waals surface area contributed by atoms with E-state index >= 15 is 0 Å². The van der Waals surface area contributed by atoms with Crippen LogP contribution in [0.5, 0.6) is 0 Å². The Morgan fingerprint density at radius 2 is 2.35 bits per heavy atom. The number of rotatable bonds is 3. The molecule has 3 N–H and O–H groups in total. The Balaban J connectivity index is 2.18. The molecule has 1 aromatic rings. The van der Waals surface area contributed by atoms with Crippen molar-refractivity contribution in [2.24, 2.45) is 5.92 Å². The van der Waals surface area contributed by atoms with Crippen LogP contribution in [0.3, 0.4) is 0 Å². The van der Waals surface area contributed by atoms with E-state index in [0.29, 0.717) is 5.95 Å². The van der Waals surface area contributed by atoms with Crippen LogP contribution >= 0.6 is 0 Å². The zero-order valence-electron chi connectivity index (χ0n) is 10.6. The van der Waals surface area contributed by atoms with Crippen LogP contribution in [-0.2, 0) is 0 Å². The van der Waals surface area contributed by atoms with Crippen molar-refractivity contribution in [2.45, 2.75) is 26.7 Å². The van der Waals surface area contributed by atoms with Crippen LogP contribution in [0.2, 0.25) is 0 Å². The van der Waals surface area contributed by atoms with E-state index in [0.717, 1.165) is 37.2 Å². The van der Waals surface area contributed by atoms with Gasteiger partial charge in [-0.25, -0.2) is 0 Å².